The van der Waals surface area contributed by atoms with E-state index >= 15 is 0 Å². The van der Waals surface area contributed by atoms with Gasteiger partial charge < -0.3 is 9.64 Å². The van der Waals surface area contributed by atoms with Crippen LogP contribution in [0.1, 0.15) is 17.2 Å². The number of aromatic nitrogens is 2. The van der Waals surface area contributed by atoms with E-state index in [4.69, 9.17) is 4.74 Å². The van der Waals surface area contributed by atoms with Crippen LogP contribution in [0, 0.1) is 11.6 Å². The zero-order valence-electron chi connectivity index (χ0n) is 16.6. The Labute approximate surface area is 174 Å². The fourth-order valence-electron chi connectivity index (χ4n) is 3.59. The summed E-state index contributed by atoms with van der Waals surface area (Å²) in [6.07, 6.45) is 3.14. The van der Waals surface area contributed by atoms with Crippen molar-refractivity contribution in [3.63, 3.8) is 0 Å². The molecule has 0 atom stereocenters. The highest BCUT2D eigenvalue weighted by Crippen LogP contribution is 2.26. The van der Waals surface area contributed by atoms with Gasteiger partial charge >= 0.3 is 0 Å². The molecule has 2 aromatic carbocycles. The van der Waals surface area contributed by atoms with Gasteiger partial charge in [0, 0.05) is 45.1 Å². The minimum atomic E-state index is -0.370. The van der Waals surface area contributed by atoms with Crippen molar-refractivity contribution in [3.8, 4) is 0 Å². The van der Waals surface area contributed by atoms with Crippen LogP contribution in [0.5, 0.6) is 0 Å². The van der Waals surface area contributed by atoms with Crippen LogP contribution in [0.2, 0.25) is 0 Å². The average molecular weight is 410 g/mol. The Balaban J connectivity index is 1.34. The topological polar surface area (TPSA) is 41.5 Å². The summed E-state index contributed by atoms with van der Waals surface area (Å²) in [5.41, 5.74) is 1.68. The molecule has 30 heavy (non-hydrogen) atoms. The van der Waals surface area contributed by atoms with Gasteiger partial charge in [0.05, 0.1) is 6.61 Å². The van der Waals surface area contributed by atoms with E-state index in [1.54, 1.807) is 36.7 Å². The lowest BCUT2D eigenvalue weighted by atomic mass is 10.0. The molecule has 0 N–H and O–H groups in total. The Morgan fingerprint density at radius 1 is 0.800 bits per heavy atom. The average Bonchev–Trinajstić information content (AvgIpc) is 2.79. The largest absolute Gasteiger partial charge is 0.367 e. The molecule has 1 aliphatic rings. The number of anilines is 1. The van der Waals surface area contributed by atoms with Crippen LogP contribution in [-0.4, -0.2) is 54.2 Å². The van der Waals surface area contributed by atoms with E-state index in [1.165, 1.54) is 24.3 Å². The predicted octanol–water partition coefficient (Wildman–Crippen LogP) is 3.68. The number of nitrogens with zero attached hydrogens (tertiary/aromatic N) is 4. The molecule has 5 nitrogen and oxygen atoms in total. The zero-order valence-corrected chi connectivity index (χ0v) is 16.6. The first kappa shape index (κ1) is 20.4. The van der Waals surface area contributed by atoms with Gasteiger partial charge in [-0.15, -0.1) is 0 Å². The van der Waals surface area contributed by atoms with Crippen molar-refractivity contribution in [1.82, 2.24) is 14.9 Å². The summed E-state index contributed by atoms with van der Waals surface area (Å²) >= 11 is 0. The maximum absolute atomic E-state index is 13.3. The van der Waals surface area contributed by atoms with E-state index in [9.17, 15) is 8.78 Å². The van der Waals surface area contributed by atoms with Crippen LogP contribution in [0.25, 0.3) is 0 Å². The molecule has 1 saturated heterocycles. The fourth-order valence-corrected chi connectivity index (χ4v) is 3.59. The summed E-state index contributed by atoms with van der Waals surface area (Å²) in [6, 6.07) is 14.3. The molecule has 0 bridgehead atoms. The molecule has 0 amide bonds. The molecule has 0 aliphatic carbocycles. The smallest absolute Gasteiger partial charge is 0.225 e. The van der Waals surface area contributed by atoms with Crippen LogP contribution in [-0.2, 0) is 4.74 Å². The van der Waals surface area contributed by atoms with Crippen LogP contribution in [0.4, 0.5) is 14.7 Å². The maximum atomic E-state index is 13.3. The second kappa shape index (κ2) is 9.73. The Bertz CT molecular complexity index is 869. The van der Waals surface area contributed by atoms with E-state index in [0.29, 0.717) is 6.61 Å². The minimum Gasteiger partial charge on any atom is -0.367 e. The first-order valence-electron chi connectivity index (χ1n) is 10.1. The van der Waals surface area contributed by atoms with Crippen LogP contribution >= 0.6 is 0 Å². The third-order valence-electron chi connectivity index (χ3n) is 5.24. The summed E-state index contributed by atoms with van der Waals surface area (Å²) in [5, 5.41) is 0. The monoisotopic (exact) mass is 410 g/mol. The number of benzene rings is 2. The highest BCUT2D eigenvalue weighted by molar-refractivity contribution is 5.31. The van der Waals surface area contributed by atoms with Crippen LogP contribution in [0.3, 0.4) is 0 Å². The summed E-state index contributed by atoms with van der Waals surface area (Å²) in [5.74, 6) is 0.176. The van der Waals surface area contributed by atoms with Gasteiger partial charge in [0.1, 0.15) is 17.7 Å². The van der Waals surface area contributed by atoms with Gasteiger partial charge in [0.25, 0.3) is 0 Å². The SMILES string of the molecule is Fc1ccc(C(OCCN2CCN(c3ncccn3)CC2)c2ccc(F)cc2)cc1. The zero-order chi connectivity index (χ0) is 20.8. The lowest BCUT2D eigenvalue weighted by Gasteiger charge is -2.34. The molecule has 0 saturated carbocycles. The van der Waals surface area contributed by atoms with Gasteiger partial charge in [0.2, 0.25) is 5.95 Å². The van der Waals surface area contributed by atoms with Crippen LogP contribution < -0.4 is 4.90 Å². The third-order valence-corrected chi connectivity index (χ3v) is 5.24. The van der Waals surface area contributed by atoms with E-state index < -0.39 is 0 Å². The van der Waals surface area contributed by atoms with Gasteiger partial charge in [-0.05, 0) is 41.5 Å². The molecule has 1 aliphatic heterocycles. The molecule has 156 valence electrons. The van der Waals surface area contributed by atoms with Gasteiger partial charge in [-0.1, -0.05) is 24.3 Å². The molecule has 7 heteroatoms. The molecule has 0 radical (unpaired) electrons. The molecule has 1 fully saturated rings. The predicted molar refractivity (Wildman–Crippen MR) is 111 cm³/mol. The Morgan fingerprint density at radius 2 is 1.33 bits per heavy atom. The van der Waals surface area contributed by atoms with E-state index in [2.05, 4.69) is 19.8 Å². The Kier molecular flexibility index (Phi) is 6.61. The quantitative estimate of drug-likeness (QED) is 0.594. The first-order valence-corrected chi connectivity index (χ1v) is 10.1. The number of piperazine rings is 1. The maximum Gasteiger partial charge on any atom is 0.225 e. The van der Waals surface area contributed by atoms with Crippen LogP contribution in [0.15, 0.2) is 67.0 Å². The fraction of sp³-hybridized carbons (Fsp3) is 0.304. The summed E-state index contributed by atoms with van der Waals surface area (Å²) in [7, 11) is 0. The first-order chi connectivity index (χ1) is 14.7. The van der Waals surface area contributed by atoms with Gasteiger partial charge in [0.15, 0.2) is 0 Å². The number of ether oxygens (including phenoxy) is 1. The van der Waals surface area contributed by atoms with Gasteiger partial charge in [-0.3, -0.25) is 4.90 Å². The molecule has 2 heterocycles. The standard InChI is InChI=1S/C23H24F2N4O/c24-20-6-2-18(3-7-20)22(19-4-8-21(25)9-5-19)30-17-16-28-12-14-29(15-13-28)23-26-10-1-11-27-23/h1-11,22H,12-17H2. The normalized spacial score (nSPS) is 15.0. The van der Waals surface area contributed by atoms with Gasteiger partial charge in [-0.25, -0.2) is 18.7 Å². The number of hydrogen-bond acceptors (Lipinski definition) is 5. The van der Waals surface area contributed by atoms with Crippen molar-refractivity contribution >= 4 is 5.95 Å². The summed E-state index contributed by atoms with van der Waals surface area (Å²) < 4.78 is 32.9. The number of hydrogen-bond donors (Lipinski definition) is 0. The highest BCUT2D eigenvalue weighted by atomic mass is 19.1. The van der Waals surface area contributed by atoms with Crippen molar-refractivity contribution < 1.29 is 13.5 Å². The molecule has 3 aromatic rings. The lowest BCUT2D eigenvalue weighted by molar-refractivity contribution is 0.0585. The van der Waals surface area contributed by atoms with Gasteiger partial charge in [-0.2, -0.15) is 0 Å². The van der Waals surface area contributed by atoms with Crippen molar-refractivity contribution in [1.29, 1.82) is 0 Å². The van der Waals surface area contributed by atoms with Crippen molar-refractivity contribution in [2.45, 2.75) is 6.10 Å². The summed E-state index contributed by atoms with van der Waals surface area (Å²) in [4.78, 5) is 13.1. The second-order valence-electron chi connectivity index (χ2n) is 7.23. The lowest BCUT2D eigenvalue weighted by Crippen LogP contribution is -2.47. The van der Waals surface area contributed by atoms with Crippen molar-refractivity contribution in [3.05, 3.63) is 89.8 Å². The number of halogens is 2. The molecule has 0 unspecified atom stereocenters. The molecular weight excluding hydrogens is 386 g/mol. The van der Waals surface area contributed by atoms with Crippen molar-refractivity contribution in [2.75, 3.05) is 44.2 Å². The van der Waals surface area contributed by atoms with E-state index in [1.807, 2.05) is 6.07 Å². The Morgan fingerprint density at radius 3 is 1.87 bits per heavy atom. The van der Waals surface area contributed by atoms with E-state index in [0.717, 1.165) is 49.8 Å². The molecule has 1 aromatic heterocycles. The minimum absolute atomic E-state index is 0.295. The second-order valence-corrected chi connectivity index (χ2v) is 7.23. The van der Waals surface area contributed by atoms with Crippen molar-refractivity contribution in [2.24, 2.45) is 0 Å². The molecular formula is C23H24F2N4O. The third kappa shape index (κ3) is 5.17. The molecule has 0 spiro atoms. The number of rotatable bonds is 7. The van der Waals surface area contributed by atoms with E-state index in [-0.39, 0.29) is 17.7 Å². The highest BCUT2D eigenvalue weighted by Gasteiger charge is 2.20. The molecule has 4 rings (SSSR count). The Hall–Kier alpha value is -2.90. The summed E-state index contributed by atoms with van der Waals surface area (Å²) in [6.45, 7) is 4.83.